The Balaban J connectivity index is 2.06. The van der Waals surface area contributed by atoms with Crippen molar-refractivity contribution in [1.29, 1.82) is 0 Å². The Kier molecular flexibility index (Phi) is 4.09. The van der Waals surface area contributed by atoms with E-state index in [4.69, 9.17) is 14.2 Å². The largest absolute Gasteiger partial charge is 0.493 e. The normalized spacial score (nSPS) is 19.1. The van der Waals surface area contributed by atoms with Gasteiger partial charge in [-0.15, -0.1) is 0 Å². The lowest BCUT2D eigenvalue weighted by Crippen LogP contribution is -2.28. The molecule has 17 heavy (non-hydrogen) atoms. The summed E-state index contributed by atoms with van der Waals surface area (Å²) in [5.74, 6) is 2.11. The molecule has 1 heterocycles. The van der Waals surface area contributed by atoms with Crippen LogP contribution in [0, 0.1) is 0 Å². The van der Waals surface area contributed by atoms with Gasteiger partial charge >= 0.3 is 0 Å². The van der Waals surface area contributed by atoms with Crippen LogP contribution in [0.3, 0.4) is 0 Å². The molecule has 94 valence electrons. The Morgan fingerprint density at radius 2 is 1.94 bits per heavy atom. The molecule has 1 aliphatic heterocycles. The molecule has 2 rings (SSSR count). The van der Waals surface area contributed by atoms with Gasteiger partial charge in [0.25, 0.3) is 0 Å². The molecule has 4 heteroatoms. The van der Waals surface area contributed by atoms with E-state index in [1.165, 1.54) is 6.42 Å². The minimum Gasteiger partial charge on any atom is -0.493 e. The molecule has 1 atom stereocenters. The zero-order valence-electron chi connectivity index (χ0n) is 10.4. The molecule has 4 nitrogen and oxygen atoms in total. The predicted molar refractivity (Wildman–Crippen MR) is 66.1 cm³/mol. The molecular weight excluding hydrogens is 218 g/mol. The lowest BCUT2D eigenvalue weighted by atomic mass is 10.2. The number of nitrogens with one attached hydrogen (secondary N) is 1. The summed E-state index contributed by atoms with van der Waals surface area (Å²) in [6, 6.07) is 6.07. The summed E-state index contributed by atoms with van der Waals surface area (Å²) >= 11 is 0. The summed E-state index contributed by atoms with van der Waals surface area (Å²) in [5.41, 5.74) is 0. The molecule has 0 spiro atoms. The molecule has 1 fully saturated rings. The first-order valence-corrected chi connectivity index (χ1v) is 5.92. The van der Waals surface area contributed by atoms with Crippen molar-refractivity contribution in [2.75, 3.05) is 27.4 Å². The maximum absolute atomic E-state index is 5.82. The number of para-hydroxylation sites is 1. The maximum atomic E-state index is 5.82. The molecule has 0 aliphatic carbocycles. The second-order valence-electron chi connectivity index (χ2n) is 4.10. The van der Waals surface area contributed by atoms with Crippen molar-refractivity contribution in [3.63, 3.8) is 0 Å². The predicted octanol–water partition coefficient (Wildman–Crippen LogP) is 1.83. The zero-order valence-corrected chi connectivity index (χ0v) is 10.4. The van der Waals surface area contributed by atoms with Gasteiger partial charge < -0.3 is 19.5 Å². The Morgan fingerprint density at radius 3 is 2.47 bits per heavy atom. The van der Waals surface area contributed by atoms with Crippen LogP contribution < -0.4 is 19.5 Å². The summed E-state index contributed by atoms with van der Waals surface area (Å²) in [6.45, 7) is 1.73. The van der Waals surface area contributed by atoms with Crippen molar-refractivity contribution in [2.45, 2.75) is 18.9 Å². The van der Waals surface area contributed by atoms with Gasteiger partial charge in [-0.25, -0.2) is 0 Å². The highest BCUT2D eigenvalue weighted by molar-refractivity contribution is 5.51. The van der Waals surface area contributed by atoms with E-state index in [2.05, 4.69) is 5.32 Å². The highest BCUT2D eigenvalue weighted by Crippen LogP contribution is 2.36. The summed E-state index contributed by atoms with van der Waals surface area (Å²) < 4.78 is 16.4. The third kappa shape index (κ3) is 2.82. The maximum Gasteiger partial charge on any atom is 0.203 e. The van der Waals surface area contributed by atoms with E-state index in [-0.39, 0.29) is 0 Å². The molecule has 1 aromatic rings. The van der Waals surface area contributed by atoms with Crippen LogP contribution >= 0.6 is 0 Å². The van der Waals surface area contributed by atoms with Crippen LogP contribution in [0.4, 0.5) is 0 Å². The lowest BCUT2D eigenvalue weighted by molar-refractivity contribution is 0.248. The Hall–Kier alpha value is -1.42. The van der Waals surface area contributed by atoms with E-state index < -0.39 is 0 Å². The van der Waals surface area contributed by atoms with Crippen molar-refractivity contribution >= 4 is 0 Å². The van der Waals surface area contributed by atoms with E-state index in [1.54, 1.807) is 14.2 Å². The van der Waals surface area contributed by atoms with Gasteiger partial charge in [0.05, 0.1) is 14.2 Å². The van der Waals surface area contributed by atoms with Crippen LogP contribution in [0.25, 0.3) is 0 Å². The summed E-state index contributed by atoms with van der Waals surface area (Å²) in [5, 5.41) is 3.40. The van der Waals surface area contributed by atoms with Crippen LogP contribution in [0.5, 0.6) is 17.2 Å². The molecular formula is C13H19NO3. The van der Waals surface area contributed by atoms with E-state index in [1.807, 2.05) is 18.2 Å². The van der Waals surface area contributed by atoms with Gasteiger partial charge in [-0.05, 0) is 31.5 Å². The van der Waals surface area contributed by atoms with Gasteiger partial charge in [0.15, 0.2) is 11.5 Å². The molecule has 1 aromatic carbocycles. The molecule has 0 amide bonds. The summed E-state index contributed by atoms with van der Waals surface area (Å²) in [6.07, 6.45) is 2.38. The lowest BCUT2D eigenvalue weighted by Gasteiger charge is -2.16. The number of hydrogen-bond donors (Lipinski definition) is 1. The average Bonchev–Trinajstić information content (AvgIpc) is 2.88. The zero-order chi connectivity index (χ0) is 12.1. The first-order chi connectivity index (χ1) is 8.35. The number of benzene rings is 1. The van der Waals surface area contributed by atoms with Crippen molar-refractivity contribution in [3.8, 4) is 17.2 Å². The molecule has 0 aromatic heterocycles. The molecule has 0 saturated carbocycles. The molecule has 1 saturated heterocycles. The molecule has 1 aliphatic rings. The Labute approximate surface area is 102 Å². The highest BCUT2D eigenvalue weighted by Gasteiger charge is 2.17. The smallest absolute Gasteiger partial charge is 0.203 e. The van der Waals surface area contributed by atoms with Gasteiger partial charge in [0.2, 0.25) is 5.75 Å². The van der Waals surface area contributed by atoms with Crippen molar-refractivity contribution < 1.29 is 14.2 Å². The van der Waals surface area contributed by atoms with E-state index >= 15 is 0 Å². The number of methoxy groups -OCH3 is 2. The van der Waals surface area contributed by atoms with Crippen LogP contribution in [0.1, 0.15) is 12.8 Å². The minimum atomic E-state index is 0.435. The van der Waals surface area contributed by atoms with Gasteiger partial charge in [0.1, 0.15) is 6.61 Å². The van der Waals surface area contributed by atoms with Crippen molar-refractivity contribution in [2.24, 2.45) is 0 Å². The van der Waals surface area contributed by atoms with E-state index in [0.29, 0.717) is 29.9 Å². The molecule has 0 bridgehead atoms. The summed E-state index contributed by atoms with van der Waals surface area (Å²) in [7, 11) is 3.27. The second kappa shape index (κ2) is 5.77. The van der Waals surface area contributed by atoms with Crippen molar-refractivity contribution in [3.05, 3.63) is 18.2 Å². The molecule has 0 radical (unpaired) electrons. The number of hydrogen-bond acceptors (Lipinski definition) is 4. The molecule has 1 N–H and O–H groups in total. The van der Waals surface area contributed by atoms with Gasteiger partial charge in [0, 0.05) is 6.04 Å². The quantitative estimate of drug-likeness (QED) is 0.848. The number of rotatable bonds is 5. The summed E-state index contributed by atoms with van der Waals surface area (Å²) in [4.78, 5) is 0. The van der Waals surface area contributed by atoms with Gasteiger partial charge in [-0.3, -0.25) is 0 Å². The van der Waals surface area contributed by atoms with Crippen molar-refractivity contribution in [1.82, 2.24) is 5.32 Å². The van der Waals surface area contributed by atoms with Crippen LogP contribution in [-0.2, 0) is 0 Å². The topological polar surface area (TPSA) is 39.7 Å². The van der Waals surface area contributed by atoms with Crippen LogP contribution in [0.15, 0.2) is 18.2 Å². The minimum absolute atomic E-state index is 0.435. The fourth-order valence-corrected chi connectivity index (χ4v) is 2.04. The second-order valence-corrected chi connectivity index (χ2v) is 4.10. The average molecular weight is 237 g/mol. The number of ether oxygens (including phenoxy) is 3. The molecule has 1 unspecified atom stereocenters. The van der Waals surface area contributed by atoms with E-state index in [9.17, 15) is 0 Å². The SMILES string of the molecule is COc1cccc(OC)c1OCC1CCCN1. The fraction of sp³-hybridized carbons (Fsp3) is 0.538. The van der Waals surface area contributed by atoms with Crippen LogP contribution in [0.2, 0.25) is 0 Å². The monoisotopic (exact) mass is 237 g/mol. The first-order valence-electron chi connectivity index (χ1n) is 5.92. The first kappa shape index (κ1) is 12.0. The fourth-order valence-electron chi connectivity index (χ4n) is 2.04. The third-order valence-corrected chi connectivity index (χ3v) is 2.97. The van der Waals surface area contributed by atoms with E-state index in [0.717, 1.165) is 13.0 Å². The highest BCUT2D eigenvalue weighted by atomic mass is 16.5. The van der Waals surface area contributed by atoms with Gasteiger partial charge in [-0.1, -0.05) is 6.07 Å². The standard InChI is InChI=1S/C13H19NO3/c1-15-11-6-3-7-12(16-2)13(11)17-9-10-5-4-8-14-10/h3,6-7,10,14H,4-5,8-9H2,1-2H3. The Bertz CT molecular complexity index is 339. The Morgan fingerprint density at radius 1 is 1.24 bits per heavy atom. The van der Waals surface area contributed by atoms with Crippen LogP contribution in [-0.4, -0.2) is 33.4 Å². The van der Waals surface area contributed by atoms with Gasteiger partial charge in [-0.2, -0.15) is 0 Å². The third-order valence-electron chi connectivity index (χ3n) is 2.97.